The summed E-state index contributed by atoms with van der Waals surface area (Å²) in [6.45, 7) is 4.55. The lowest BCUT2D eigenvalue weighted by atomic mass is 9.96. The van der Waals surface area contributed by atoms with E-state index < -0.39 is 0 Å². The smallest absolute Gasteiger partial charge is 0.101 e. The Morgan fingerprint density at radius 3 is 2.88 bits per heavy atom. The second kappa shape index (κ2) is 7.76. The Morgan fingerprint density at radius 2 is 2.12 bits per heavy atom. The maximum absolute atomic E-state index is 9.31. The van der Waals surface area contributed by atoms with Crippen LogP contribution in [0.5, 0.6) is 0 Å². The molecular weight excluding hydrogens is 322 g/mol. The van der Waals surface area contributed by atoms with E-state index in [2.05, 4.69) is 44.1 Å². The van der Waals surface area contributed by atoms with Crippen LogP contribution in [0.4, 0.5) is 0 Å². The van der Waals surface area contributed by atoms with Gasteiger partial charge in [-0.3, -0.25) is 4.68 Å². The number of hydrogen-bond acceptors (Lipinski definition) is 3. The molecule has 0 atom stereocenters. The van der Waals surface area contributed by atoms with Crippen molar-refractivity contribution in [3.63, 3.8) is 0 Å². The van der Waals surface area contributed by atoms with Gasteiger partial charge >= 0.3 is 0 Å². The Kier molecular flexibility index (Phi) is 5.03. The second-order valence-electron chi connectivity index (χ2n) is 7.27. The molecule has 4 rings (SSSR count). The quantitative estimate of drug-likeness (QED) is 0.741. The molecule has 3 heterocycles. The molecular formula is C21H25N5. The molecule has 1 aliphatic rings. The largest absolute Gasteiger partial charge is 0.360 e. The molecule has 1 saturated heterocycles. The third kappa shape index (κ3) is 3.66. The van der Waals surface area contributed by atoms with Crippen LogP contribution >= 0.6 is 0 Å². The van der Waals surface area contributed by atoms with Crippen LogP contribution in [0.2, 0.25) is 0 Å². The summed E-state index contributed by atoms with van der Waals surface area (Å²) in [6.07, 6.45) is 10.4. The topological polar surface area (TPSA) is 60.6 Å². The Bertz CT molecular complexity index is 879. The number of H-pyrrole nitrogens is 1. The summed E-state index contributed by atoms with van der Waals surface area (Å²) in [5.74, 6) is 0.748. The number of nitrogens with one attached hydrogen (secondary N) is 1. The zero-order chi connectivity index (χ0) is 17.8. The Morgan fingerprint density at radius 1 is 1.23 bits per heavy atom. The summed E-state index contributed by atoms with van der Waals surface area (Å²) in [5.41, 5.74) is 3.11. The fraction of sp³-hybridized carbons (Fsp3) is 0.429. The summed E-state index contributed by atoms with van der Waals surface area (Å²) >= 11 is 0. The van der Waals surface area contributed by atoms with E-state index in [1.54, 1.807) is 0 Å². The molecule has 1 aromatic carbocycles. The summed E-state index contributed by atoms with van der Waals surface area (Å²) in [7, 11) is 0. The van der Waals surface area contributed by atoms with E-state index >= 15 is 0 Å². The Balaban J connectivity index is 1.27. The van der Waals surface area contributed by atoms with Gasteiger partial charge in [-0.25, -0.2) is 0 Å². The first-order chi connectivity index (χ1) is 12.8. The number of aromatic amines is 1. The van der Waals surface area contributed by atoms with E-state index in [1.165, 1.54) is 31.5 Å². The number of aryl methyl sites for hydroxylation is 1. The Hall–Kier alpha value is -2.58. The number of hydrogen-bond donors (Lipinski definition) is 1. The maximum Gasteiger partial charge on any atom is 0.101 e. The molecule has 2 aromatic heterocycles. The molecule has 0 unspecified atom stereocenters. The normalized spacial score (nSPS) is 16.1. The summed E-state index contributed by atoms with van der Waals surface area (Å²) in [5, 5.41) is 14.7. The van der Waals surface area contributed by atoms with Gasteiger partial charge in [-0.05, 0) is 68.9 Å². The SMILES string of the molecule is N#Cc1c[nH]c2cccc(CCCN3CCC(Cn4cccn4)CC3)c12. The summed E-state index contributed by atoms with van der Waals surface area (Å²) in [4.78, 5) is 5.79. The number of rotatable bonds is 6. The zero-order valence-electron chi connectivity index (χ0n) is 15.1. The van der Waals surface area contributed by atoms with Crippen LogP contribution in [0.1, 0.15) is 30.4 Å². The van der Waals surface area contributed by atoms with Crippen LogP contribution in [0, 0.1) is 17.2 Å². The van der Waals surface area contributed by atoms with Gasteiger partial charge in [0.25, 0.3) is 0 Å². The van der Waals surface area contributed by atoms with Crippen molar-refractivity contribution in [2.24, 2.45) is 5.92 Å². The van der Waals surface area contributed by atoms with Gasteiger partial charge in [0.15, 0.2) is 0 Å². The van der Waals surface area contributed by atoms with Crippen LogP contribution in [0.25, 0.3) is 10.9 Å². The van der Waals surface area contributed by atoms with E-state index in [0.29, 0.717) is 0 Å². The number of aromatic nitrogens is 3. The van der Waals surface area contributed by atoms with E-state index in [-0.39, 0.29) is 0 Å². The zero-order valence-corrected chi connectivity index (χ0v) is 15.1. The number of piperidine rings is 1. The maximum atomic E-state index is 9.31. The van der Waals surface area contributed by atoms with Gasteiger partial charge in [0.1, 0.15) is 6.07 Å². The van der Waals surface area contributed by atoms with Gasteiger partial charge in [-0.15, -0.1) is 0 Å². The fourth-order valence-electron chi connectivity index (χ4n) is 4.12. The molecule has 134 valence electrons. The van der Waals surface area contributed by atoms with E-state index in [4.69, 9.17) is 0 Å². The highest BCUT2D eigenvalue weighted by Crippen LogP contribution is 2.24. The fourth-order valence-corrected chi connectivity index (χ4v) is 4.12. The van der Waals surface area contributed by atoms with Crippen LogP contribution in [-0.4, -0.2) is 39.3 Å². The summed E-state index contributed by atoms with van der Waals surface area (Å²) in [6, 6.07) is 10.6. The first-order valence-corrected chi connectivity index (χ1v) is 9.52. The van der Waals surface area contributed by atoms with Crippen molar-refractivity contribution >= 4 is 10.9 Å². The number of benzene rings is 1. The van der Waals surface area contributed by atoms with Gasteiger partial charge in [-0.2, -0.15) is 10.4 Å². The monoisotopic (exact) mass is 347 g/mol. The van der Waals surface area contributed by atoms with Gasteiger partial charge in [0, 0.05) is 36.0 Å². The average molecular weight is 347 g/mol. The first-order valence-electron chi connectivity index (χ1n) is 9.52. The number of fused-ring (bicyclic) bond motifs is 1. The predicted molar refractivity (Wildman–Crippen MR) is 103 cm³/mol. The third-order valence-electron chi connectivity index (χ3n) is 5.54. The minimum Gasteiger partial charge on any atom is -0.360 e. The van der Waals surface area contributed by atoms with Gasteiger partial charge in [0.05, 0.1) is 5.56 Å². The minimum atomic E-state index is 0.748. The van der Waals surface area contributed by atoms with Gasteiger partial charge in [0.2, 0.25) is 0 Å². The van der Waals surface area contributed by atoms with E-state index in [1.807, 2.05) is 24.5 Å². The standard InChI is InChI=1S/C21H25N5/c22-14-19-15-23-20-6-1-4-18(21(19)20)5-2-10-25-12-7-17(8-13-25)16-26-11-3-9-24-26/h1,3-4,6,9,11,15,17,23H,2,5,7-8,10,12-13,16H2. The van der Waals surface area contributed by atoms with E-state index in [0.717, 1.165) is 48.3 Å². The molecule has 0 spiro atoms. The lowest BCUT2D eigenvalue weighted by Crippen LogP contribution is -2.35. The van der Waals surface area contributed by atoms with Crippen LogP contribution in [0.3, 0.4) is 0 Å². The number of nitriles is 1. The first kappa shape index (κ1) is 16.9. The molecule has 1 fully saturated rings. The molecule has 0 radical (unpaired) electrons. The average Bonchev–Trinajstić information content (AvgIpc) is 3.33. The van der Waals surface area contributed by atoms with Crippen molar-refractivity contribution < 1.29 is 0 Å². The van der Waals surface area contributed by atoms with E-state index in [9.17, 15) is 5.26 Å². The van der Waals surface area contributed by atoms with Crippen LogP contribution in [-0.2, 0) is 13.0 Å². The van der Waals surface area contributed by atoms with Gasteiger partial charge < -0.3 is 9.88 Å². The second-order valence-corrected chi connectivity index (χ2v) is 7.27. The molecule has 5 nitrogen and oxygen atoms in total. The van der Waals surface area contributed by atoms with Crippen molar-refractivity contribution in [2.75, 3.05) is 19.6 Å². The highest BCUT2D eigenvalue weighted by Gasteiger charge is 2.19. The molecule has 0 aliphatic carbocycles. The van der Waals surface area contributed by atoms with Crippen molar-refractivity contribution in [1.29, 1.82) is 5.26 Å². The van der Waals surface area contributed by atoms with Crippen LogP contribution < -0.4 is 0 Å². The van der Waals surface area contributed by atoms with Crippen molar-refractivity contribution in [2.45, 2.75) is 32.2 Å². The Labute approximate surface area is 154 Å². The van der Waals surface area contributed by atoms with Crippen LogP contribution in [0.15, 0.2) is 42.9 Å². The molecule has 0 bridgehead atoms. The highest BCUT2D eigenvalue weighted by atomic mass is 15.3. The molecule has 0 saturated carbocycles. The molecule has 26 heavy (non-hydrogen) atoms. The molecule has 5 heteroatoms. The van der Waals surface area contributed by atoms with Crippen molar-refractivity contribution in [3.05, 3.63) is 54.0 Å². The van der Waals surface area contributed by atoms with Crippen molar-refractivity contribution in [1.82, 2.24) is 19.7 Å². The number of likely N-dealkylation sites (tertiary alicyclic amines) is 1. The highest BCUT2D eigenvalue weighted by molar-refractivity contribution is 5.88. The lowest BCUT2D eigenvalue weighted by Gasteiger charge is -2.31. The summed E-state index contributed by atoms with van der Waals surface area (Å²) < 4.78 is 2.06. The minimum absolute atomic E-state index is 0.748. The number of nitrogens with zero attached hydrogens (tertiary/aromatic N) is 4. The predicted octanol–water partition coefficient (Wildman–Crippen LogP) is 3.58. The molecule has 0 amide bonds. The molecule has 1 aliphatic heterocycles. The lowest BCUT2D eigenvalue weighted by molar-refractivity contribution is 0.170. The molecule has 1 N–H and O–H groups in total. The molecule has 3 aromatic rings. The van der Waals surface area contributed by atoms with Crippen molar-refractivity contribution in [3.8, 4) is 6.07 Å². The third-order valence-corrected chi connectivity index (χ3v) is 5.54. The van der Waals surface area contributed by atoms with Gasteiger partial charge in [-0.1, -0.05) is 12.1 Å².